The molecule has 0 radical (unpaired) electrons. The van der Waals surface area contributed by atoms with Crippen LogP contribution >= 0.6 is 35.0 Å². The van der Waals surface area contributed by atoms with E-state index in [9.17, 15) is 23.3 Å². The summed E-state index contributed by atoms with van der Waals surface area (Å²) in [5.41, 5.74) is 2.10. The first-order valence-electron chi connectivity index (χ1n) is 14.0. The molecular weight excluding hydrogens is 665 g/mol. The average Bonchev–Trinajstić information content (AvgIpc) is 3.05. The van der Waals surface area contributed by atoms with Gasteiger partial charge in [0.1, 0.15) is 11.6 Å². The van der Waals surface area contributed by atoms with Crippen molar-refractivity contribution in [1.29, 1.82) is 5.26 Å². The quantitative estimate of drug-likeness (QED) is 0.100. The van der Waals surface area contributed by atoms with Gasteiger partial charge in [-0.25, -0.2) is 18.1 Å². The molecule has 1 aliphatic rings. The number of carbonyl (C=O) groups excluding carboxylic acids is 1. The van der Waals surface area contributed by atoms with Crippen LogP contribution in [-0.4, -0.2) is 29.7 Å². The van der Waals surface area contributed by atoms with E-state index >= 15 is 0 Å². The highest BCUT2D eigenvalue weighted by Gasteiger charge is 2.24. The van der Waals surface area contributed by atoms with Gasteiger partial charge in [0.15, 0.2) is 5.16 Å². The third kappa shape index (κ3) is 7.96. The van der Waals surface area contributed by atoms with Crippen molar-refractivity contribution in [3.05, 3.63) is 129 Å². The maximum atomic E-state index is 13.1. The minimum Gasteiger partial charge on any atom is -0.322 e. The highest BCUT2D eigenvalue weighted by Crippen LogP contribution is 2.31. The van der Waals surface area contributed by atoms with Gasteiger partial charge < -0.3 is 10.3 Å². The van der Waals surface area contributed by atoms with Gasteiger partial charge in [-0.1, -0.05) is 91.0 Å². The number of H-pyrrole nitrogens is 1. The number of amides is 1. The second-order valence-electron chi connectivity index (χ2n) is 10.4. The molecular formula is C33H27Cl2N5O4S2. The van der Waals surface area contributed by atoms with Crippen LogP contribution in [0.5, 0.6) is 0 Å². The van der Waals surface area contributed by atoms with Crippen LogP contribution in [0.2, 0.25) is 0 Å². The van der Waals surface area contributed by atoms with Crippen LogP contribution < -0.4 is 15.6 Å². The van der Waals surface area contributed by atoms with Gasteiger partial charge >= 0.3 is 0 Å². The smallest absolute Gasteiger partial charge is 0.270 e. The van der Waals surface area contributed by atoms with E-state index < -0.39 is 15.6 Å². The summed E-state index contributed by atoms with van der Waals surface area (Å²) in [6.07, 6.45) is 3.33. The zero-order chi connectivity index (χ0) is 32.8. The molecule has 9 nitrogen and oxygen atoms in total. The second kappa shape index (κ2) is 14.5. The first kappa shape index (κ1) is 33.2. The standard InChI is InChI=1S/C33H27Cl2N5O4S2/c1-20-13-24(16-28(34)29(20)35)31(41)38-25-11-5-9-22(14-25)19-45-33-39-30(27(17-36)32(42)40-33)23-10-6-12-26(15-23)46(43,44)37-18-21-7-3-2-4-8-21/h2-16,20,29,37H,18-19H2,1H3,(H,38,41)(H,39,40,42). The predicted molar refractivity (Wildman–Crippen MR) is 181 cm³/mol. The third-order valence-corrected chi connectivity index (χ3v) is 10.5. The number of sulfonamides is 1. The number of nitriles is 1. The Morgan fingerprint density at radius 2 is 1.80 bits per heavy atom. The Labute approximate surface area is 280 Å². The zero-order valence-electron chi connectivity index (χ0n) is 24.3. The Morgan fingerprint density at radius 3 is 2.54 bits per heavy atom. The number of rotatable bonds is 10. The number of thioether (sulfide) groups is 1. The fourth-order valence-electron chi connectivity index (χ4n) is 4.63. The van der Waals surface area contributed by atoms with Crippen LogP contribution in [0, 0.1) is 17.2 Å². The number of nitrogens with one attached hydrogen (secondary N) is 3. The molecule has 5 rings (SSSR count). The number of benzene rings is 3. The number of anilines is 1. The molecule has 1 amide bonds. The van der Waals surface area contributed by atoms with Gasteiger partial charge in [-0.05, 0) is 47.4 Å². The van der Waals surface area contributed by atoms with Crippen molar-refractivity contribution < 1.29 is 13.2 Å². The van der Waals surface area contributed by atoms with E-state index in [-0.39, 0.29) is 45.1 Å². The van der Waals surface area contributed by atoms with Crippen LogP contribution in [0.3, 0.4) is 0 Å². The molecule has 2 atom stereocenters. The molecule has 0 spiro atoms. The Morgan fingerprint density at radius 1 is 1.07 bits per heavy atom. The predicted octanol–water partition coefficient (Wildman–Crippen LogP) is 6.32. The molecule has 46 heavy (non-hydrogen) atoms. The number of hydrogen-bond donors (Lipinski definition) is 3. The number of allylic oxidation sites excluding steroid dienone is 2. The highest BCUT2D eigenvalue weighted by atomic mass is 35.5. The summed E-state index contributed by atoms with van der Waals surface area (Å²) in [5.74, 6) is -0.0479. The molecule has 3 aromatic carbocycles. The summed E-state index contributed by atoms with van der Waals surface area (Å²) in [4.78, 5) is 32.9. The van der Waals surface area contributed by atoms with Gasteiger partial charge in [0.05, 0.1) is 16.0 Å². The monoisotopic (exact) mass is 691 g/mol. The van der Waals surface area contributed by atoms with E-state index in [1.807, 2.05) is 49.4 Å². The van der Waals surface area contributed by atoms with E-state index in [0.717, 1.165) is 11.1 Å². The lowest BCUT2D eigenvalue weighted by molar-refractivity contribution is -0.112. The van der Waals surface area contributed by atoms with Crippen LogP contribution in [0.1, 0.15) is 23.6 Å². The fourth-order valence-corrected chi connectivity index (χ4v) is 6.95. The highest BCUT2D eigenvalue weighted by molar-refractivity contribution is 7.98. The summed E-state index contributed by atoms with van der Waals surface area (Å²) in [6.45, 7) is 1.98. The van der Waals surface area contributed by atoms with Gasteiger partial charge in [0.2, 0.25) is 10.0 Å². The normalized spacial score (nSPS) is 16.2. The molecule has 0 saturated heterocycles. The van der Waals surface area contributed by atoms with Gasteiger partial charge in [-0.15, -0.1) is 11.6 Å². The number of halogens is 2. The summed E-state index contributed by atoms with van der Waals surface area (Å²) in [6, 6.07) is 24.1. The van der Waals surface area contributed by atoms with Gasteiger partial charge in [-0.2, -0.15) is 5.26 Å². The number of carbonyl (C=O) groups is 1. The summed E-state index contributed by atoms with van der Waals surface area (Å²) >= 11 is 13.6. The minimum atomic E-state index is -3.90. The molecule has 13 heteroatoms. The van der Waals surface area contributed by atoms with Crippen molar-refractivity contribution >= 4 is 56.6 Å². The van der Waals surface area contributed by atoms with Crippen molar-refractivity contribution in [3.8, 4) is 17.3 Å². The largest absolute Gasteiger partial charge is 0.322 e. The SMILES string of the molecule is CC1C=C(C(=O)Nc2cccc(CSc3nc(-c4cccc(S(=O)(=O)NCc5ccccc5)c4)c(C#N)c(=O)[nH]3)c2)C=C(Cl)C1Cl. The maximum Gasteiger partial charge on any atom is 0.270 e. The molecule has 2 unspecified atom stereocenters. The Bertz CT molecular complexity index is 2060. The number of alkyl halides is 1. The number of hydrogen-bond acceptors (Lipinski definition) is 7. The lowest BCUT2D eigenvalue weighted by Crippen LogP contribution is -2.23. The minimum absolute atomic E-state index is 0.0290. The molecule has 234 valence electrons. The van der Waals surface area contributed by atoms with Crippen LogP contribution in [0.4, 0.5) is 5.69 Å². The Kier molecular flexibility index (Phi) is 10.5. The summed E-state index contributed by atoms with van der Waals surface area (Å²) < 4.78 is 28.7. The average molecular weight is 693 g/mol. The number of nitrogens with zero attached hydrogens (tertiary/aromatic N) is 2. The van der Waals surface area contributed by atoms with Crippen molar-refractivity contribution in [3.63, 3.8) is 0 Å². The zero-order valence-corrected chi connectivity index (χ0v) is 27.5. The van der Waals surface area contributed by atoms with Crippen molar-refractivity contribution in [1.82, 2.24) is 14.7 Å². The molecule has 1 heterocycles. The first-order chi connectivity index (χ1) is 22.0. The second-order valence-corrected chi connectivity index (χ2v) is 14.0. The number of aromatic nitrogens is 2. The van der Waals surface area contributed by atoms with Crippen LogP contribution in [0.25, 0.3) is 11.3 Å². The molecule has 1 aromatic heterocycles. The molecule has 1 aliphatic carbocycles. The van der Waals surface area contributed by atoms with Gasteiger partial charge in [0.25, 0.3) is 11.5 Å². The fraction of sp³-hybridized carbons (Fsp3) is 0.152. The van der Waals surface area contributed by atoms with E-state index in [4.69, 9.17) is 23.2 Å². The Hall–Kier alpha value is -4.18. The molecule has 0 fully saturated rings. The van der Waals surface area contributed by atoms with E-state index in [0.29, 0.717) is 27.6 Å². The molecule has 0 bridgehead atoms. The van der Waals surface area contributed by atoms with E-state index in [1.165, 1.54) is 30.0 Å². The summed E-state index contributed by atoms with van der Waals surface area (Å²) in [5, 5.41) is 12.9. The molecule has 4 aromatic rings. The van der Waals surface area contributed by atoms with Crippen molar-refractivity contribution in [2.24, 2.45) is 5.92 Å². The Balaban J connectivity index is 1.32. The number of aromatic amines is 1. The van der Waals surface area contributed by atoms with E-state index in [2.05, 4.69) is 20.0 Å². The molecule has 0 aliphatic heterocycles. The first-order valence-corrected chi connectivity index (χ1v) is 17.3. The molecule has 3 N–H and O–H groups in total. The maximum absolute atomic E-state index is 13.1. The third-order valence-electron chi connectivity index (χ3n) is 7.02. The lowest BCUT2D eigenvalue weighted by atomic mass is 9.96. The van der Waals surface area contributed by atoms with Crippen molar-refractivity contribution in [2.45, 2.75) is 34.7 Å². The lowest BCUT2D eigenvalue weighted by Gasteiger charge is -2.20. The van der Waals surface area contributed by atoms with Crippen molar-refractivity contribution in [2.75, 3.05) is 5.32 Å². The van der Waals surface area contributed by atoms with E-state index in [1.54, 1.807) is 36.4 Å². The van der Waals surface area contributed by atoms with Gasteiger partial charge in [-0.3, -0.25) is 9.59 Å². The van der Waals surface area contributed by atoms with Crippen LogP contribution in [-0.2, 0) is 27.1 Å². The van der Waals surface area contributed by atoms with Crippen LogP contribution in [0.15, 0.2) is 116 Å². The summed E-state index contributed by atoms with van der Waals surface area (Å²) in [7, 11) is -3.90. The molecule has 0 saturated carbocycles. The van der Waals surface area contributed by atoms with Gasteiger partial charge in [0, 0.05) is 34.2 Å². The topological polar surface area (TPSA) is 145 Å².